The second-order valence-electron chi connectivity index (χ2n) is 3.24. The van der Waals surface area contributed by atoms with Crippen LogP contribution in [0.25, 0.3) is 0 Å². The van der Waals surface area contributed by atoms with E-state index in [9.17, 15) is 0 Å². The lowest BCUT2D eigenvalue weighted by molar-refractivity contribution is 0.494. The fourth-order valence-corrected chi connectivity index (χ4v) is 2.30. The van der Waals surface area contributed by atoms with Crippen molar-refractivity contribution in [1.82, 2.24) is 10.3 Å². The highest BCUT2D eigenvalue weighted by atomic mass is 32.1. The monoisotopic (exact) mass is 182 g/mol. The second-order valence-corrected chi connectivity index (χ2v) is 4.17. The summed E-state index contributed by atoms with van der Waals surface area (Å²) in [6.45, 7) is 3.20. The average molecular weight is 182 g/mol. The van der Waals surface area contributed by atoms with Crippen molar-refractivity contribution >= 4 is 11.3 Å². The third-order valence-electron chi connectivity index (χ3n) is 2.23. The molecule has 3 heteroatoms. The molecule has 0 saturated heterocycles. The molecule has 1 aromatic heterocycles. The van der Waals surface area contributed by atoms with E-state index in [4.69, 9.17) is 0 Å². The largest absolute Gasteiger partial charge is 0.308 e. The van der Waals surface area contributed by atoms with Crippen molar-refractivity contribution in [2.45, 2.75) is 25.8 Å². The van der Waals surface area contributed by atoms with Crippen molar-refractivity contribution in [2.24, 2.45) is 5.92 Å². The Labute approximate surface area is 77.0 Å². The first-order chi connectivity index (χ1) is 5.92. The van der Waals surface area contributed by atoms with E-state index in [2.05, 4.69) is 22.6 Å². The Morgan fingerprint density at radius 1 is 1.75 bits per heavy atom. The zero-order valence-electron chi connectivity index (χ0n) is 7.29. The molecule has 1 aliphatic carbocycles. The van der Waals surface area contributed by atoms with E-state index in [-0.39, 0.29) is 0 Å². The van der Waals surface area contributed by atoms with Gasteiger partial charge in [0.05, 0.1) is 6.04 Å². The predicted octanol–water partition coefficient (Wildman–Crippen LogP) is 2.20. The molecule has 1 saturated carbocycles. The Bertz CT molecular complexity index is 229. The van der Waals surface area contributed by atoms with Gasteiger partial charge in [0.1, 0.15) is 5.01 Å². The summed E-state index contributed by atoms with van der Waals surface area (Å²) in [6, 6.07) is 0.537. The highest BCUT2D eigenvalue weighted by Crippen LogP contribution is 2.41. The van der Waals surface area contributed by atoms with Crippen molar-refractivity contribution in [2.75, 3.05) is 6.54 Å². The van der Waals surface area contributed by atoms with Crippen molar-refractivity contribution in [1.29, 1.82) is 0 Å². The molecule has 0 aromatic carbocycles. The summed E-state index contributed by atoms with van der Waals surface area (Å²) in [5.74, 6) is 0.857. The lowest BCUT2D eigenvalue weighted by Gasteiger charge is -2.13. The normalized spacial score (nSPS) is 19.4. The standard InChI is InChI=1S/C9H14N2S/c1-2-10-8(7-3-4-7)9-11-5-6-12-9/h5-8,10H,2-4H2,1H3. The SMILES string of the molecule is CCNC(c1nccs1)C1CC1. The van der Waals surface area contributed by atoms with Crippen LogP contribution in [0, 0.1) is 5.92 Å². The molecule has 1 heterocycles. The molecular formula is C9H14N2S. The average Bonchev–Trinajstić information content (AvgIpc) is 2.77. The number of hydrogen-bond acceptors (Lipinski definition) is 3. The summed E-state index contributed by atoms with van der Waals surface area (Å²) in [5.41, 5.74) is 0. The van der Waals surface area contributed by atoms with Crippen molar-refractivity contribution in [3.8, 4) is 0 Å². The van der Waals surface area contributed by atoms with Gasteiger partial charge in [0.2, 0.25) is 0 Å². The van der Waals surface area contributed by atoms with E-state index >= 15 is 0 Å². The van der Waals surface area contributed by atoms with E-state index in [1.54, 1.807) is 11.3 Å². The quantitative estimate of drug-likeness (QED) is 0.772. The summed E-state index contributed by atoms with van der Waals surface area (Å²) >= 11 is 1.77. The lowest BCUT2D eigenvalue weighted by Crippen LogP contribution is -2.22. The van der Waals surface area contributed by atoms with Crippen LogP contribution in [-0.4, -0.2) is 11.5 Å². The molecule has 0 amide bonds. The lowest BCUT2D eigenvalue weighted by atomic mass is 10.2. The molecule has 1 aromatic rings. The minimum atomic E-state index is 0.537. The molecule has 1 N–H and O–H groups in total. The number of aromatic nitrogens is 1. The summed E-state index contributed by atoms with van der Waals surface area (Å²) in [5, 5.41) is 6.82. The smallest absolute Gasteiger partial charge is 0.110 e. The highest BCUT2D eigenvalue weighted by molar-refractivity contribution is 7.09. The molecule has 0 bridgehead atoms. The van der Waals surface area contributed by atoms with Crippen LogP contribution in [0.5, 0.6) is 0 Å². The van der Waals surface area contributed by atoms with Crippen LogP contribution in [0.15, 0.2) is 11.6 Å². The molecule has 1 aliphatic rings. The summed E-state index contributed by atoms with van der Waals surface area (Å²) in [7, 11) is 0. The summed E-state index contributed by atoms with van der Waals surface area (Å²) in [6.07, 6.45) is 4.64. The fraction of sp³-hybridized carbons (Fsp3) is 0.667. The van der Waals surface area contributed by atoms with Gasteiger partial charge in [-0.25, -0.2) is 4.98 Å². The minimum absolute atomic E-state index is 0.537. The minimum Gasteiger partial charge on any atom is -0.308 e. The van der Waals surface area contributed by atoms with Gasteiger partial charge in [-0.3, -0.25) is 0 Å². The van der Waals surface area contributed by atoms with E-state index < -0.39 is 0 Å². The van der Waals surface area contributed by atoms with Crippen LogP contribution in [0.1, 0.15) is 30.8 Å². The molecule has 12 heavy (non-hydrogen) atoms. The third kappa shape index (κ3) is 1.67. The van der Waals surface area contributed by atoms with Crippen LogP contribution in [-0.2, 0) is 0 Å². The van der Waals surface area contributed by atoms with Gasteiger partial charge in [-0.05, 0) is 25.3 Å². The summed E-state index contributed by atoms with van der Waals surface area (Å²) < 4.78 is 0. The molecule has 66 valence electrons. The molecule has 1 atom stereocenters. The van der Waals surface area contributed by atoms with Crippen molar-refractivity contribution in [3.05, 3.63) is 16.6 Å². The van der Waals surface area contributed by atoms with Crippen LogP contribution in [0.4, 0.5) is 0 Å². The van der Waals surface area contributed by atoms with Gasteiger partial charge >= 0.3 is 0 Å². The van der Waals surface area contributed by atoms with E-state index in [0.29, 0.717) is 6.04 Å². The van der Waals surface area contributed by atoms with Crippen LogP contribution in [0.3, 0.4) is 0 Å². The number of rotatable bonds is 4. The fourth-order valence-electron chi connectivity index (χ4n) is 1.49. The number of nitrogens with one attached hydrogen (secondary N) is 1. The van der Waals surface area contributed by atoms with Gasteiger partial charge in [0.25, 0.3) is 0 Å². The Hall–Kier alpha value is -0.410. The van der Waals surface area contributed by atoms with Crippen LogP contribution >= 0.6 is 11.3 Å². The molecule has 2 nitrogen and oxygen atoms in total. The molecule has 0 radical (unpaired) electrons. The maximum atomic E-state index is 4.35. The maximum absolute atomic E-state index is 4.35. The van der Waals surface area contributed by atoms with Gasteiger partial charge in [-0.1, -0.05) is 6.92 Å². The zero-order valence-corrected chi connectivity index (χ0v) is 8.10. The Morgan fingerprint density at radius 2 is 2.58 bits per heavy atom. The topological polar surface area (TPSA) is 24.9 Å². The van der Waals surface area contributed by atoms with Gasteiger partial charge in [0.15, 0.2) is 0 Å². The Balaban J connectivity index is 2.05. The van der Waals surface area contributed by atoms with Gasteiger partial charge in [-0.2, -0.15) is 0 Å². The van der Waals surface area contributed by atoms with Crippen molar-refractivity contribution < 1.29 is 0 Å². The zero-order chi connectivity index (χ0) is 8.39. The first-order valence-electron chi connectivity index (χ1n) is 4.54. The Morgan fingerprint density at radius 3 is 3.08 bits per heavy atom. The first-order valence-corrected chi connectivity index (χ1v) is 5.42. The maximum Gasteiger partial charge on any atom is 0.110 e. The first kappa shape index (κ1) is 8.20. The molecule has 0 spiro atoms. The van der Waals surface area contributed by atoms with Crippen LogP contribution < -0.4 is 5.32 Å². The third-order valence-corrected chi connectivity index (χ3v) is 3.09. The molecule has 2 rings (SSSR count). The molecule has 0 aliphatic heterocycles. The van der Waals surface area contributed by atoms with E-state index in [1.807, 2.05) is 6.20 Å². The van der Waals surface area contributed by atoms with Gasteiger partial charge < -0.3 is 5.32 Å². The molecule has 1 fully saturated rings. The number of thiazole rings is 1. The molecule has 1 unspecified atom stereocenters. The Kier molecular flexibility index (Phi) is 2.42. The highest BCUT2D eigenvalue weighted by Gasteiger charge is 2.32. The number of nitrogens with zero attached hydrogens (tertiary/aromatic N) is 1. The van der Waals surface area contributed by atoms with E-state index in [1.165, 1.54) is 17.8 Å². The van der Waals surface area contributed by atoms with Crippen molar-refractivity contribution in [3.63, 3.8) is 0 Å². The van der Waals surface area contributed by atoms with Gasteiger partial charge in [-0.15, -0.1) is 11.3 Å². The van der Waals surface area contributed by atoms with E-state index in [0.717, 1.165) is 12.5 Å². The number of hydrogen-bond donors (Lipinski definition) is 1. The predicted molar refractivity (Wildman–Crippen MR) is 51.3 cm³/mol. The molecular weight excluding hydrogens is 168 g/mol. The second kappa shape index (κ2) is 3.54. The summed E-state index contributed by atoms with van der Waals surface area (Å²) in [4.78, 5) is 4.35. The van der Waals surface area contributed by atoms with Crippen LogP contribution in [0.2, 0.25) is 0 Å². The van der Waals surface area contributed by atoms with Gasteiger partial charge in [0, 0.05) is 11.6 Å².